The molecule has 0 saturated heterocycles. The van der Waals surface area contributed by atoms with Gasteiger partial charge in [0.2, 0.25) is 11.8 Å². The van der Waals surface area contributed by atoms with Gasteiger partial charge in [-0.25, -0.2) is 0 Å². The summed E-state index contributed by atoms with van der Waals surface area (Å²) >= 11 is 0. The van der Waals surface area contributed by atoms with Crippen LogP contribution in [-0.4, -0.2) is 47.3 Å². The van der Waals surface area contributed by atoms with E-state index in [1.807, 2.05) is 0 Å². The number of aliphatic hydroxyl groups is 2. The van der Waals surface area contributed by atoms with E-state index in [2.05, 4.69) is 10.6 Å². The van der Waals surface area contributed by atoms with Crippen molar-refractivity contribution in [2.24, 2.45) is 0 Å². The number of hydrogen-bond acceptors (Lipinski definition) is 4. The Morgan fingerprint density at radius 2 is 1.22 bits per heavy atom. The fourth-order valence-electron chi connectivity index (χ4n) is 1.26. The third-order valence-electron chi connectivity index (χ3n) is 2.35. The van der Waals surface area contributed by atoms with Crippen LogP contribution < -0.4 is 10.6 Å². The number of amides is 2. The van der Waals surface area contributed by atoms with Crippen molar-refractivity contribution in [1.29, 1.82) is 0 Å². The predicted octanol–water partition coefficient (Wildman–Crippen LogP) is -0.459. The smallest absolute Gasteiger partial charge is 0.220 e. The van der Waals surface area contributed by atoms with Crippen LogP contribution in [0.15, 0.2) is 0 Å². The monoisotopic (exact) mass is 260 g/mol. The maximum Gasteiger partial charge on any atom is 0.220 e. The highest BCUT2D eigenvalue weighted by Crippen LogP contribution is 1.95. The average Bonchev–Trinajstić information content (AvgIpc) is 2.29. The molecule has 0 rings (SSSR count). The maximum absolute atomic E-state index is 11.2. The topological polar surface area (TPSA) is 98.7 Å². The highest BCUT2D eigenvalue weighted by atomic mass is 16.3. The molecule has 106 valence electrons. The number of carbonyl (C=O) groups is 2. The lowest BCUT2D eigenvalue weighted by Gasteiger charge is -2.08. The third-order valence-corrected chi connectivity index (χ3v) is 2.35. The Labute approximate surface area is 108 Å². The van der Waals surface area contributed by atoms with E-state index in [0.29, 0.717) is 25.9 Å². The van der Waals surface area contributed by atoms with Crippen LogP contribution in [0.3, 0.4) is 0 Å². The van der Waals surface area contributed by atoms with E-state index in [-0.39, 0.29) is 24.7 Å². The van der Waals surface area contributed by atoms with Gasteiger partial charge in [0.25, 0.3) is 0 Å². The van der Waals surface area contributed by atoms with Crippen LogP contribution in [0.25, 0.3) is 0 Å². The summed E-state index contributed by atoms with van der Waals surface area (Å²) < 4.78 is 0. The van der Waals surface area contributed by atoms with Gasteiger partial charge in [-0.3, -0.25) is 9.59 Å². The summed E-state index contributed by atoms with van der Waals surface area (Å²) in [7, 11) is 0. The quantitative estimate of drug-likeness (QED) is 0.422. The van der Waals surface area contributed by atoms with Gasteiger partial charge in [-0.2, -0.15) is 0 Å². The molecule has 0 spiro atoms. The molecule has 0 aliphatic carbocycles. The number of carbonyl (C=O) groups excluding carboxylic acids is 2. The first-order valence-corrected chi connectivity index (χ1v) is 6.31. The lowest BCUT2D eigenvalue weighted by atomic mass is 10.2. The standard InChI is InChI=1S/C12H24N2O4/c1-9(15)3-5-11(17)13-7-8-14-12(18)6-4-10(2)16/h9-10,15-16H,3-8H2,1-2H3,(H,13,17)(H,14,18)/t9-,10-/m1/s1. The van der Waals surface area contributed by atoms with E-state index in [9.17, 15) is 9.59 Å². The van der Waals surface area contributed by atoms with Crippen molar-refractivity contribution in [3.05, 3.63) is 0 Å². The maximum atomic E-state index is 11.2. The van der Waals surface area contributed by atoms with Crippen molar-refractivity contribution in [3.8, 4) is 0 Å². The van der Waals surface area contributed by atoms with E-state index < -0.39 is 12.2 Å². The van der Waals surface area contributed by atoms with Crippen LogP contribution >= 0.6 is 0 Å². The Balaban J connectivity index is 3.44. The van der Waals surface area contributed by atoms with Crippen LogP contribution in [0.1, 0.15) is 39.5 Å². The molecule has 0 aliphatic rings. The van der Waals surface area contributed by atoms with Crippen LogP contribution in [0.5, 0.6) is 0 Å². The van der Waals surface area contributed by atoms with Crippen molar-refractivity contribution in [2.75, 3.05) is 13.1 Å². The molecule has 6 heteroatoms. The van der Waals surface area contributed by atoms with E-state index in [4.69, 9.17) is 10.2 Å². The van der Waals surface area contributed by atoms with Gasteiger partial charge in [-0.1, -0.05) is 0 Å². The molecule has 0 unspecified atom stereocenters. The van der Waals surface area contributed by atoms with Gasteiger partial charge in [0, 0.05) is 25.9 Å². The zero-order valence-corrected chi connectivity index (χ0v) is 11.1. The molecule has 0 aliphatic heterocycles. The molecule has 0 heterocycles. The second kappa shape index (κ2) is 9.85. The zero-order valence-electron chi connectivity index (χ0n) is 11.1. The molecule has 0 bridgehead atoms. The summed E-state index contributed by atoms with van der Waals surface area (Å²) in [6.07, 6.45) is 0.493. The Morgan fingerprint density at radius 3 is 1.50 bits per heavy atom. The lowest BCUT2D eigenvalue weighted by Crippen LogP contribution is -2.35. The Kier molecular flexibility index (Phi) is 9.22. The molecule has 0 fully saturated rings. The first-order valence-electron chi connectivity index (χ1n) is 6.31. The molecule has 0 aromatic carbocycles. The van der Waals surface area contributed by atoms with Gasteiger partial charge in [0.15, 0.2) is 0 Å². The Hall–Kier alpha value is -1.14. The zero-order chi connectivity index (χ0) is 14.0. The molecule has 18 heavy (non-hydrogen) atoms. The first kappa shape index (κ1) is 16.9. The van der Waals surface area contributed by atoms with Crippen LogP contribution in [0, 0.1) is 0 Å². The summed E-state index contributed by atoms with van der Waals surface area (Å²) in [5.41, 5.74) is 0. The first-order chi connectivity index (χ1) is 8.41. The van der Waals surface area contributed by atoms with E-state index in [1.54, 1.807) is 13.8 Å². The lowest BCUT2D eigenvalue weighted by molar-refractivity contribution is -0.123. The predicted molar refractivity (Wildman–Crippen MR) is 67.8 cm³/mol. The van der Waals surface area contributed by atoms with E-state index in [1.165, 1.54) is 0 Å². The molecule has 4 N–H and O–H groups in total. The largest absolute Gasteiger partial charge is 0.393 e. The minimum atomic E-state index is -0.476. The van der Waals surface area contributed by atoms with Crippen molar-refractivity contribution in [1.82, 2.24) is 10.6 Å². The van der Waals surface area contributed by atoms with E-state index in [0.717, 1.165) is 0 Å². The summed E-state index contributed by atoms with van der Waals surface area (Å²) in [6.45, 7) is 4.02. The van der Waals surface area contributed by atoms with Gasteiger partial charge < -0.3 is 20.8 Å². The Bertz CT molecular complexity index is 228. The number of hydrogen-bond donors (Lipinski definition) is 4. The molecule has 0 aromatic heterocycles. The second-order valence-corrected chi connectivity index (χ2v) is 4.48. The molecule has 0 radical (unpaired) electrons. The number of nitrogens with one attached hydrogen (secondary N) is 2. The van der Waals surface area contributed by atoms with Crippen LogP contribution in [-0.2, 0) is 9.59 Å². The molecule has 0 aromatic rings. The second-order valence-electron chi connectivity index (χ2n) is 4.48. The summed E-state index contributed by atoms with van der Waals surface area (Å²) in [6, 6.07) is 0. The number of aliphatic hydroxyl groups excluding tert-OH is 2. The van der Waals surface area contributed by atoms with Gasteiger partial charge in [-0.15, -0.1) is 0 Å². The average molecular weight is 260 g/mol. The van der Waals surface area contributed by atoms with Crippen LogP contribution in [0.4, 0.5) is 0 Å². The minimum absolute atomic E-state index is 0.130. The highest BCUT2D eigenvalue weighted by Gasteiger charge is 2.05. The van der Waals surface area contributed by atoms with E-state index >= 15 is 0 Å². The van der Waals surface area contributed by atoms with Crippen molar-refractivity contribution >= 4 is 11.8 Å². The minimum Gasteiger partial charge on any atom is -0.393 e. The normalized spacial score (nSPS) is 13.8. The fourth-order valence-corrected chi connectivity index (χ4v) is 1.26. The molecule has 2 amide bonds. The molecular weight excluding hydrogens is 236 g/mol. The van der Waals surface area contributed by atoms with Crippen molar-refractivity contribution in [2.45, 2.75) is 51.7 Å². The van der Waals surface area contributed by atoms with Gasteiger partial charge in [0.1, 0.15) is 0 Å². The summed E-state index contributed by atoms with van der Waals surface area (Å²) in [5.74, 6) is -0.261. The molecular formula is C12H24N2O4. The molecule has 2 atom stereocenters. The SMILES string of the molecule is C[C@@H](O)CCC(=O)NCCNC(=O)CC[C@@H](C)O. The fraction of sp³-hybridized carbons (Fsp3) is 0.833. The molecule has 0 saturated carbocycles. The van der Waals surface area contributed by atoms with Gasteiger partial charge >= 0.3 is 0 Å². The molecule has 6 nitrogen and oxygen atoms in total. The summed E-state index contributed by atoms with van der Waals surface area (Å²) in [5, 5.41) is 23.3. The van der Waals surface area contributed by atoms with Crippen molar-refractivity contribution < 1.29 is 19.8 Å². The van der Waals surface area contributed by atoms with Gasteiger partial charge in [-0.05, 0) is 26.7 Å². The highest BCUT2D eigenvalue weighted by molar-refractivity contribution is 5.77. The number of rotatable bonds is 9. The van der Waals surface area contributed by atoms with Crippen molar-refractivity contribution in [3.63, 3.8) is 0 Å². The van der Waals surface area contributed by atoms with Gasteiger partial charge in [0.05, 0.1) is 12.2 Å². The summed E-state index contributed by atoms with van der Waals surface area (Å²) in [4.78, 5) is 22.5. The van der Waals surface area contributed by atoms with Crippen LogP contribution in [0.2, 0.25) is 0 Å². The third kappa shape index (κ3) is 11.3. The Morgan fingerprint density at radius 1 is 0.889 bits per heavy atom.